The van der Waals surface area contributed by atoms with Crippen LogP contribution in [0.4, 0.5) is 4.39 Å². The van der Waals surface area contributed by atoms with E-state index in [0.717, 1.165) is 16.9 Å². The highest BCUT2D eigenvalue weighted by Crippen LogP contribution is 2.28. The van der Waals surface area contributed by atoms with E-state index in [2.05, 4.69) is 10.2 Å². The topological polar surface area (TPSA) is 57.8 Å². The second kappa shape index (κ2) is 8.28. The summed E-state index contributed by atoms with van der Waals surface area (Å²) in [5.41, 5.74) is 3.24. The molecule has 0 bridgehead atoms. The molecule has 0 fully saturated rings. The summed E-state index contributed by atoms with van der Waals surface area (Å²) in [6, 6.07) is 12.2. The molecular weight excluding hydrogens is 405 g/mol. The number of ether oxygens (including phenoxy) is 1. The highest BCUT2D eigenvalue weighted by molar-refractivity contribution is 6.30. The molecule has 0 spiro atoms. The molecule has 154 valence electrons. The van der Waals surface area contributed by atoms with E-state index in [1.54, 1.807) is 15.4 Å². The van der Waals surface area contributed by atoms with Crippen LogP contribution in [0.1, 0.15) is 18.1 Å². The molecular formula is C22H21ClFN5O. The highest BCUT2D eigenvalue weighted by atomic mass is 35.5. The lowest BCUT2D eigenvalue weighted by Crippen LogP contribution is -2.05. The smallest absolute Gasteiger partial charge is 0.202 e. The van der Waals surface area contributed by atoms with E-state index in [-0.39, 0.29) is 5.82 Å². The third-order valence-corrected chi connectivity index (χ3v) is 4.82. The summed E-state index contributed by atoms with van der Waals surface area (Å²) in [5.74, 6) is 1.59. The molecule has 0 saturated carbocycles. The average molecular weight is 426 g/mol. The van der Waals surface area contributed by atoms with Crippen molar-refractivity contribution in [1.82, 2.24) is 24.5 Å². The van der Waals surface area contributed by atoms with Crippen LogP contribution in [0.25, 0.3) is 22.9 Å². The molecule has 0 unspecified atom stereocenters. The van der Waals surface area contributed by atoms with Crippen molar-refractivity contribution in [2.75, 3.05) is 6.61 Å². The maximum atomic E-state index is 13.8. The number of halogens is 2. The van der Waals surface area contributed by atoms with Crippen molar-refractivity contribution in [3.8, 4) is 28.7 Å². The molecule has 4 rings (SSSR count). The first kappa shape index (κ1) is 20.1. The van der Waals surface area contributed by atoms with Gasteiger partial charge in [0.05, 0.1) is 13.2 Å². The Labute approximate surface area is 178 Å². The second-order valence-electron chi connectivity index (χ2n) is 6.98. The Balaban J connectivity index is 1.79. The second-order valence-corrected chi connectivity index (χ2v) is 7.42. The fraction of sp³-hybridized carbons (Fsp3) is 0.227. The van der Waals surface area contributed by atoms with Gasteiger partial charge in [-0.25, -0.2) is 14.1 Å². The Kier molecular flexibility index (Phi) is 5.55. The molecule has 30 heavy (non-hydrogen) atoms. The summed E-state index contributed by atoms with van der Waals surface area (Å²) in [4.78, 5) is 4.73. The van der Waals surface area contributed by atoms with Crippen LogP contribution < -0.4 is 4.74 Å². The van der Waals surface area contributed by atoms with Crippen molar-refractivity contribution in [3.05, 3.63) is 70.6 Å². The van der Waals surface area contributed by atoms with Crippen molar-refractivity contribution in [2.24, 2.45) is 7.05 Å². The fourth-order valence-corrected chi connectivity index (χ4v) is 3.53. The lowest BCUT2D eigenvalue weighted by molar-refractivity contribution is 0.338. The van der Waals surface area contributed by atoms with Crippen LogP contribution in [0.15, 0.2) is 48.7 Å². The van der Waals surface area contributed by atoms with Crippen molar-refractivity contribution in [1.29, 1.82) is 0 Å². The SMILES string of the molecule is CCOc1ccc(-c2nc(-c3ccn(C)n3)nn2Cc2cc(F)cc(Cl)c2)cc1C. The summed E-state index contributed by atoms with van der Waals surface area (Å²) in [7, 11) is 1.84. The predicted molar refractivity (Wildman–Crippen MR) is 114 cm³/mol. The minimum atomic E-state index is -0.388. The summed E-state index contributed by atoms with van der Waals surface area (Å²) in [6.07, 6.45) is 1.84. The molecule has 2 aromatic carbocycles. The van der Waals surface area contributed by atoms with Gasteiger partial charge in [0.15, 0.2) is 5.82 Å². The van der Waals surface area contributed by atoms with Crippen molar-refractivity contribution in [3.63, 3.8) is 0 Å². The fourth-order valence-electron chi connectivity index (χ4n) is 3.29. The highest BCUT2D eigenvalue weighted by Gasteiger charge is 2.17. The van der Waals surface area contributed by atoms with E-state index >= 15 is 0 Å². The Morgan fingerprint density at radius 3 is 2.60 bits per heavy atom. The van der Waals surface area contributed by atoms with Crippen LogP contribution in [-0.4, -0.2) is 31.2 Å². The molecule has 0 aliphatic carbocycles. The van der Waals surface area contributed by atoms with Gasteiger partial charge in [-0.05, 0) is 67.4 Å². The lowest BCUT2D eigenvalue weighted by Gasteiger charge is -2.10. The van der Waals surface area contributed by atoms with Crippen LogP contribution in [0.5, 0.6) is 5.75 Å². The van der Waals surface area contributed by atoms with Gasteiger partial charge >= 0.3 is 0 Å². The summed E-state index contributed by atoms with van der Waals surface area (Å²) >= 11 is 6.03. The Morgan fingerprint density at radius 1 is 1.10 bits per heavy atom. The molecule has 0 atom stereocenters. The van der Waals surface area contributed by atoms with Crippen molar-refractivity contribution < 1.29 is 9.13 Å². The molecule has 0 aliphatic heterocycles. The van der Waals surface area contributed by atoms with Crippen LogP contribution in [0.2, 0.25) is 5.02 Å². The van der Waals surface area contributed by atoms with Crippen molar-refractivity contribution in [2.45, 2.75) is 20.4 Å². The number of hydrogen-bond donors (Lipinski definition) is 0. The van der Waals surface area contributed by atoms with Gasteiger partial charge in [-0.15, -0.1) is 5.10 Å². The molecule has 0 N–H and O–H groups in total. The summed E-state index contributed by atoms with van der Waals surface area (Å²) < 4.78 is 22.9. The number of hydrogen-bond acceptors (Lipinski definition) is 4. The maximum absolute atomic E-state index is 13.8. The minimum absolute atomic E-state index is 0.318. The summed E-state index contributed by atoms with van der Waals surface area (Å²) in [5, 5.41) is 9.38. The zero-order valence-electron chi connectivity index (χ0n) is 16.9. The van der Waals surface area contributed by atoms with E-state index < -0.39 is 0 Å². The average Bonchev–Trinajstić information content (AvgIpc) is 3.29. The Hall–Kier alpha value is -3.19. The van der Waals surface area contributed by atoms with Crippen molar-refractivity contribution >= 4 is 11.6 Å². The van der Waals surface area contributed by atoms with E-state index in [9.17, 15) is 4.39 Å². The molecule has 2 heterocycles. The van der Waals surface area contributed by atoms with Crippen LogP contribution >= 0.6 is 11.6 Å². The zero-order valence-corrected chi connectivity index (χ0v) is 17.7. The normalized spacial score (nSPS) is 11.1. The largest absolute Gasteiger partial charge is 0.494 e. The molecule has 2 aromatic heterocycles. The zero-order chi connectivity index (χ0) is 21.3. The standard InChI is InChI=1S/C22H21ClFN5O/c1-4-30-20-6-5-16(9-14(20)2)22-25-21(19-7-8-28(3)26-19)27-29(22)13-15-10-17(23)12-18(24)11-15/h5-12H,4,13H2,1-3H3. The van der Waals surface area contributed by atoms with Gasteiger partial charge in [-0.1, -0.05) is 11.6 Å². The van der Waals surface area contributed by atoms with E-state index in [1.807, 2.05) is 51.4 Å². The van der Waals surface area contributed by atoms with E-state index in [1.165, 1.54) is 12.1 Å². The number of rotatable bonds is 6. The maximum Gasteiger partial charge on any atom is 0.202 e. The number of aromatic nitrogens is 5. The quantitative estimate of drug-likeness (QED) is 0.441. The van der Waals surface area contributed by atoms with Gasteiger partial charge in [-0.2, -0.15) is 5.10 Å². The molecule has 4 aromatic rings. The number of nitrogens with zero attached hydrogens (tertiary/aromatic N) is 5. The van der Waals surface area contributed by atoms with Crippen LogP contribution in [0.3, 0.4) is 0 Å². The molecule has 8 heteroatoms. The third kappa shape index (κ3) is 4.21. The minimum Gasteiger partial charge on any atom is -0.494 e. The third-order valence-electron chi connectivity index (χ3n) is 4.60. The Morgan fingerprint density at radius 2 is 1.93 bits per heavy atom. The van der Waals surface area contributed by atoms with Gasteiger partial charge in [0.1, 0.15) is 17.3 Å². The molecule has 0 radical (unpaired) electrons. The van der Waals surface area contributed by atoms with Gasteiger partial charge in [-0.3, -0.25) is 4.68 Å². The molecule has 6 nitrogen and oxygen atoms in total. The van der Waals surface area contributed by atoms with Crippen LogP contribution in [-0.2, 0) is 13.6 Å². The van der Waals surface area contributed by atoms with Gasteiger partial charge in [0.2, 0.25) is 5.82 Å². The first-order valence-corrected chi connectivity index (χ1v) is 9.94. The van der Waals surface area contributed by atoms with Gasteiger partial charge in [0.25, 0.3) is 0 Å². The first-order chi connectivity index (χ1) is 14.4. The van der Waals surface area contributed by atoms with Crippen LogP contribution in [0, 0.1) is 12.7 Å². The molecule has 0 amide bonds. The number of benzene rings is 2. The molecule has 0 saturated heterocycles. The predicted octanol–water partition coefficient (Wildman–Crippen LogP) is 4.89. The Bertz CT molecular complexity index is 1180. The van der Waals surface area contributed by atoms with Gasteiger partial charge < -0.3 is 4.74 Å². The summed E-state index contributed by atoms with van der Waals surface area (Å²) in [6.45, 7) is 4.86. The van der Waals surface area contributed by atoms with Gasteiger partial charge in [0, 0.05) is 23.8 Å². The van der Waals surface area contributed by atoms with E-state index in [4.69, 9.17) is 21.3 Å². The first-order valence-electron chi connectivity index (χ1n) is 9.56. The lowest BCUT2D eigenvalue weighted by atomic mass is 10.1. The van der Waals surface area contributed by atoms with E-state index in [0.29, 0.717) is 41.1 Å². The molecule has 0 aliphatic rings. The monoisotopic (exact) mass is 425 g/mol. The number of aryl methyl sites for hydroxylation is 2.